The fraction of sp³-hybridized carbons (Fsp3) is 0.667. The number of sulfonamides is 1. The van der Waals surface area contributed by atoms with Crippen LogP contribution in [0.4, 0.5) is 17.6 Å². The quantitative estimate of drug-likeness (QED) is 0.260. The van der Waals surface area contributed by atoms with Crippen LogP contribution in [0.5, 0.6) is 0 Å². The van der Waals surface area contributed by atoms with E-state index in [0.717, 1.165) is 19.3 Å². The van der Waals surface area contributed by atoms with E-state index >= 15 is 0 Å². The smallest absolute Gasteiger partial charge is 0.354 e. The second-order valence-electron chi connectivity index (χ2n) is 9.62. The van der Waals surface area contributed by atoms with E-state index in [1.807, 2.05) is 18.6 Å². The van der Waals surface area contributed by atoms with Crippen LogP contribution in [0, 0.1) is 17.7 Å². The van der Waals surface area contributed by atoms with E-state index in [2.05, 4.69) is 10.6 Å². The zero-order valence-corrected chi connectivity index (χ0v) is 21.4. The van der Waals surface area contributed by atoms with Crippen molar-refractivity contribution in [3.05, 3.63) is 29.6 Å². The lowest BCUT2D eigenvalue weighted by molar-refractivity contribution is -0.140. The maximum Gasteiger partial charge on any atom is 0.417 e. The summed E-state index contributed by atoms with van der Waals surface area (Å²) in [5.41, 5.74) is -1.59. The normalized spacial score (nSPS) is 15.8. The largest absolute Gasteiger partial charge is 0.417 e. The first kappa shape index (κ1) is 30.0. The molecule has 0 saturated heterocycles. The molecule has 1 aliphatic carbocycles. The Kier molecular flexibility index (Phi) is 11.1. The minimum atomic E-state index is -5.05. The molecular formula is C24H35F4N3O4S. The summed E-state index contributed by atoms with van der Waals surface area (Å²) in [5.74, 6) is -1.10. The first-order valence-corrected chi connectivity index (χ1v) is 13.7. The van der Waals surface area contributed by atoms with E-state index in [1.165, 1.54) is 12.8 Å². The molecule has 0 bridgehead atoms. The Morgan fingerprint density at radius 1 is 1.11 bits per heavy atom. The van der Waals surface area contributed by atoms with Crippen molar-refractivity contribution in [2.75, 3.05) is 13.1 Å². The first-order valence-electron chi connectivity index (χ1n) is 12.2. The Morgan fingerprint density at radius 2 is 1.78 bits per heavy atom. The molecular weight excluding hydrogens is 502 g/mol. The predicted molar refractivity (Wildman–Crippen MR) is 127 cm³/mol. The first-order chi connectivity index (χ1) is 16.8. The highest BCUT2D eigenvalue weighted by Crippen LogP contribution is 2.34. The van der Waals surface area contributed by atoms with Crippen molar-refractivity contribution in [3.8, 4) is 0 Å². The molecule has 36 heavy (non-hydrogen) atoms. The third-order valence-electron chi connectivity index (χ3n) is 6.09. The molecule has 1 saturated carbocycles. The Labute approximate surface area is 209 Å². The van der Waals surface area contributed by atoms with Crippen molar-refractivity contribution in [1.82, 2.24) is 15.4 Å². The third kappa shape index (κ3) is 9.68. The molecule has 1 atom stereocenters. The van der Waals surface area contributed by atoms with Gasteiger partial charge in [0.05, 0.1) is 10.5 Å². The zero-order valence-electron chi connectivity index (χ0n) is 20.6. The van der Waals surface area contributed by atoms with Gasteiger partial charge in [-0.3, -0.25) is 9.59 Å². The fourth-order valence-electron chi connectivity index (χ4n) is 4.27. The van der Waals surface area contributed by atoms with Crippen molar-refractivity contribution < 1.29 is 35.6 Å². The summed E-state index contributed by atoms with van der Waals surface area (Å²) in [6.45, 7) is 3.64. The standard InChI is InChI=1S/C24H35F4N3O4S/c1-16(2)14-20(31-22(32)11-8-17-6-3-4-7-17)23(33)29-12-5-13-30-36(34,35)21-10-9-18(25)15-19(21)24(26,27)28/h9-10,15-17,20,30H,3-8,11-14H2,1-2H3,(H,29,33)(H,31,32)/t20-/m0/s1. The number of hydrogen-bond acceptors (Lipinski definition) is 4. The van der Waals surface area contributed by atoms with E-state index in [1.54, 1.807) is 0 Å². The predicted octanol–water partition coefficient (Wildman–Crippen LogP) is 4.13. The van der Waals surface area contributed by atoms with Gasteiger partial charge in [0.2, 0.25) is 21.8 Å². The number of rotatable bonds is 13. The molecule has 1 fully saturated rings. The number of halogens is 4. The molecule has 0 radical (unpaired) electrons. The van der Waals surface area contributed by atoms with E-state index in [-0.39, 0.29) is 37.4 Å². The van der Waals surface area contributed by atoms with E-state index in [4.69, 9.17) is 0 Å². The van der Waals surface area contributed by atoms with E-state index < -0.39 is 44.4 Å². The Balaban J connectivity index is 1.84. The summed E-state index contributed by atoms with van der Waals surface area (Å²) >= 11 is 0. The Bertz CT molecular complexity index is 994. The van der Waals surface area contributed by atoms with Gasteiger partial charge in [0.25, 0.3) is 0 Å². The van der Waals surface area contributed by atoms with Crippen LogP contribution in [0.25, 0.3) is 0 Å². The number of nitrogens with one attached hydrogen (secondary N) is 3. The Morgan fingerprint density at radius 3 is 2.39 bits per heavy atom. The van der Waals surface area contributed by atoms with Gasteiger partial charge in [-0.15, -0.1) is 0 Å². The molecule has 0 spiro atoms. The molecule has 7 nitrogen and oxygen atoms in total. The molecule has 0 aliphatic heterocycles. The van der Waals surface area contributed by atoms with Gasteiger partial charge in [-0.25, -0.2) is 17.5 Å². The third-order valence-corrected chi connectivity index (χ3v) is 7.61. The van der Waals surface area contributed by atoms with Crippen molar-refractivity contribution in [2.45, 2.75) is 82.3 Å². The van der Waals surface area contributed by atoms with Crippen LogP contribution in [-0.4, -0.2) is 39.4 Å². The van der Waals surface area contributed by atoms with Gasteiger partial charge < -0.3 is 10.6 Å². The van der Waals surface area contributed by atoms with Crippen LogP contribution in [-0.2, 0) is 25.8 Å². The van der Waals surface area contributed by atoms with Crippen molar-refractivity contribution in [2.24, 2.45) is 11.8 Å². The van der Waals surface area contributed by atoms with Crippen molar-refractivity contribution in [1.29, 1.82) is 0 Å². The van der Waals surface area contributed by atoms with E-state index in [0.29, 0.717) is 30.9 Å². The SMILES string of the molecule is CC(C)C[C@H](NC(=O)CCC1CCCC1)C(=O)NCCCNS(=O)(=O)c1ccc(F)cc1C(F)(F)F. The topological polar surface area (TPSA) is 104 Å². The summed E-state index contributed by atoms with van der Waals surface area (Å²) in [4.78, 5) is 23.9. The van der Waals surface area contributed by atoms with Crippen LogP contribution in [0.1, 0.15) is 70.8 Å². The van der Waals surface area contributed by atoms with Gasteiger partial charge >= 0.3 is 6.18 Å². The average molecular weight is 538 g/mol. The molecule has 204 valence electrons. The van der Waals surface area contributed by atoms with Gasteiger partial charge in [0.15, 0.2) is 0 Å². The second-order valence-corrected chi connectivity index (χ2v) is 11.4. The molecule has 1 aliphatic rings. The highest BCUT2D eigenvalue weighted by Gasteiger charge is 2.37. The van der Waals surface area contributed by atoms with Crippen LogP contribution < -0.4 is 15.4 Å². The highest BCUT2D eigenvalue weighted by molar-refractivity contribution is 7.89. The number of carbonyl (C=O) groups is 2. The maximum atomic E-state index is 13.2. The lowest BCUT2D eigenvalue weighted by atomic mass is 10.00. The molecule has 0 unspecified atom stereocenters. The van der Waals surface area contributed by atoms with Gasteiger partial charge in [0.1, 0.15) is 11.9 Å². The number of alkyl halides is 3. The summed E-state index contributed by atoms with van der Waals surface area (Å²) in [6, 6.07) is 0.604. The van der Waals surface area contributed by atoms with Crippen molar-refractivity contribution >= 4 is 21.8 Å². The summed E-state index contributed by atoms with van der Waals surface area (Å²) in [6.07, 6.45) is 1.27. The molecule has 12 heteroatoms. The average Bonchev–Trinajstić information content (AvgIpc) is 3.29. The molecule has 0 aromatic heterocycles. The van der Waals surface area contributed by atoms with Crippen molar-refractivity contribution in [3.63, 3.8) is 0 Å². The molecule has 0 heterocycles. The molecule has 1 aromatic rings. The lowest BCUT2D eigenvalue weighted by Crippen LogP contribution is -2.47. The number of hydrogen-bond donors (Lipinski definition) is 3. The number of amides is 2. The summed E-state index contributed by atoms with van der Waals surface area (Å²) in [7, 11) is -4.56. The van der Waals surface area contributed by atoms with Gasteiger partial charge in [-0.05, 0) is 49.3 Å². The van der Waals surface area contributed by atoms with Crippen LogP contribution in [0.15, 0.2) is 23.1 Å². The highest BCUT2D eigenvalue weighted by atomic mass is 32.2. The number of carbonyl (C=O) groups excluding carboxylic acids is 2. The molecule has 2 rings (SSSR count). The summed E-state index contributed by atoms with van der Waals surface area (Å²) in [5, 5.41) is 5.43. The molecule has 3 N–H and O–H groups in total. The zero-order chi connectivity index (χ0) is 26.9. The number of benzene rings is 1. The van der Waals surface area contributed by atoms with Gasteiger partial charge in [-0.2, -0.15) is 13.2 Å². The minimum Gasteiger partial charge on any atom is -0.354 e. The van der Waals surface area contributed by atoms with E-state index in [9.17, 15) is 35.6 Å². The van der Waals surface area contributed by atoms with Crippen LogP contribution >= 0.6 is 0 Å². The summed E-state index contributed by atoms with van der Waals surface area (Å²) < 4.78 is 79.4. The van der Waals surface area contributed by atoms with Gasteiger partial charge in [0, 0.05) is 19.5 Å². The monoisotopic (exact) mass is 537 g/mol. The van der Waals surface area contributed by atoms with Gasteiger partial charge in [-0.1, -0.05) is 39.5 Å². The second kappa shape index (κ2) is 13.4. The van der Waals surface area contributed by atoms with Crippen LogP contribution in [0.3, 0.4) is 0 Å². The molecule has 2 amide bonds. The fourth-order valence-corrected chi connectivity index (χ4v) is 5.55. The Hall–Kier alpha value is -2.21. The maximum absolute atomic E-state index is 13.2. The van der Waals surface area contributed by atoms with Crippen LogP contribution in [0.2, 0.25) is 0 Å². The molecule has 1 aromatic carbocycles. The lowest BCUT2D eigenvalue weighted by Gasteiger charge is -2.21. The minimum absolute atomic E-state index is 0.0451.